The minimum absolute atomic E-state index is 0.603. The van der Waals surface area contributed by atoms with Gasteiger partial charge >= 0.3 is 0 Å². The van der Waals surface area contributed by atoms with Gasteiger partial charge in [0.05, 0.1) is 16.9 Å². The highest BCUT2D eigenvalue weighted by Crippen LogP contribution is 2.38. The molecule has 1 aliphatic rings. The van der Waals surface area contributed by atoms with Gasteiger partial charge in [0.15, 0.2) is 0 Å². The molecular weight excluding hydrogens is 224 g/mol. The Morgan fingerprint density at radius 1 is 1.38 bits per heavy atom. The van der Waals surface area contributed by atoms with Crippen LogP contribution in [0.3, 0.4) is 0 Å². The van der Waals surface area contributed by atoms with E-state index in [-0.39, 0.29) is 0 Å². The van der Waals surface area contributed by atoms with Gasteiger partial charge < -0.3 is 5.11 Å². The van der Waals surface area contributed by atoms with Crippen molar-refractivity contribution in [2.24, 2.45) is 0 Å². The van der Waals surface area contributed by atoms with Crippen molar-refractivity contribution >= 4 is 11.6 Å². The zero-order valence-electron chi connectivity index (χ0n) is 9.75. The zero-order valence-corrected chi connectivity index (χ0v) is 10.5. The van der Waals surface area contributed by atoms with E-state index in [2.05, 4.69) is 5.10 Å². The lowest BCUT2D eigenvalue weighted by Crippen LogP contribution is -2.28. The van der Waals surface area contributed by atoms with E-state index in [1.165, 1.54) is 12.8 Å². The van der Waals surface area contributed by atoms with Crippen molar-refractivity contribution in [3.8, 4) is 0 Å². The smallest absolute Gasteiger partial charge is 0.108 e. The summed E-state index contributed by atoms with van der Waals surface area (Å²) in [6.07, 6.45) is 7.81. The van der Waals surface area contributed by atoms with E-state index in [1.54, 1.807) is 6.20 Å². The number of aliphatic hydroxyl groups is 1. The molecule has 2 rings (SSSR count). The maximum atomic E-state index is 10.8. The van der Waals surface area contributed by atoms with E-state index < -0.39 is 5.60 Å². The average Bonchev–Trinajstić information content (AvgIpc) is 2.51. The predicted molar refractivity (Wildman–Crippen MR) is 64.5 cm³/mol. The highest BCUT2D eigenvalue weighted by molar-refractivity contribution is 6.31. The second-order valence-corrected chi connectivity index (χ2v) is 5.01. The Labute approximate surface area is 101 Å². The maximum absolute atomic E-state index is 10.8. The Bertz CT molecular complexity index is 354. The van der Waals surface area contributed by atoms with Crippen LogP contribution >= 0.6 is 11.6 Å². The first-order chi connectivity index (χ1) is 7.67. The molecule has 1 aromatic rings. The molecule has 0 bridgehead atoms. The summed E-state index contributed by atoms with van der Waals surface area (Å²) >= 11 is 6.16. The van der Waals surface area contributed by atoms with E-state index in [0.29, 0.717) is 5.02 Å². The van der Waals surface area contributed by atoms with Gasteiger partial charge in [0, 0.05) is 6.54 Å². The van der Waals surface area contributed by atoms with Gasteiger partial charge in [-0.1, -0.05) is 37.3 Å². The lowest BCUT2D eigenvalue weighted by Gasteiger charge is -2.27. The molecule has 0 amide bonds. The minimum atomic E-state index is -0.764. The molecule has 1 heterocycles. The molecule has 1 aromatic heterocycles. The number of halogens is 1. The van der Waals surface area contributed by atoms with Crippen LogP contribution in [0.15, 0.2) is 6.20 Å². The van der Waals surface area contributed by atoms with Gasteiger partial charge in [-0.15, -0.1) is 0 Å². The van der Waals surface area contributed by atoms with E-state index in [9.17, 15) is 5.11 Å². The highest BCUT2D eigenvalue weighted by Gasteiger charge is 2.35. The third-order valence-corrected chi connectivity index (χ3v) is 3.74. The van der Waals surface area contributed by atoms with Crippen LogP contribution in [0.25, 0.3) is 0 Å². The molecular formula is C12H19ClN2O. The summed E-state index contributed by atoms with van der Waals surface area (Å²) in [5.74, 6) is 0. The number of rotatable bonds is 2. The largest absolute Gasteiger partial charge is 0.384 e. The molecule has 0 unspecified atom stereocenters. The fraction of sp³-hybridized carbons (Fsp3) is 0.750. The Hall–Kier alpha value is -0.540. The fourth-order valence-electron chi connectivity index (χ4n) is 2.62. The van der Waals surface area contributed by atoms with Crippen molar-refractivity contribution < 1.29 is 5.11 Å². The number of aryl methyl sites for hydroxylation is 1. The molecule has 1 N–H and O–H groups in total. The highest BCUT2D eigenvalue weighted by atomic mass is 35.5. The van der Waals surface area contributed by atoms with Crippen molar-refractivity contribution in [2.75, 3.05) is 0 Å². The summed E-state index contributed by atoms with van der Waals surface area (Å²) in [5.41, 5.74) is 0.0543. The van der Waals surface area contributed by atoms with Crippen LogP contribution in [-0.4, -0.2) is 14.9 Å². The van der Waals surface area contributed by atoms with Gasteiger partial charge in [-0.3, -0.25) is 4.68 Å². The molecule has 90 valence electrons. The Morgan fingerprint density at radius 3 is 2.56 bits per heavy atom. The summed E-state index contributed by atoms with van der Waals surface area (Å²) in [6, 6.07) is 0. The quantitative estimate of drug-likeness (QED) is 0.810. The third-order valence-electron chi connectivity index (χ3n) is 3.47. The summed E-state index contributed by atoms with van der Waals surface area (Å²) in [5, 5.41) is 15.6. The first kappa shape index (κ1) is 11.9. The Morgan fingerprint density at radius 2 is 2.00 bits per heavy atom. The predicted octanol–water partition coefficient (Wildman–Crippen LogP) is 3.10. The molecule has 1 aliphatic carbocycles. The number of aromatic nitrogens is 2. The zero-order chi connectivity index (χ0) is 11.6. The maximum Gasteiger partial charge on any atom is 0.108 e. The van der Waals surface area contributed by atoms with Gasteiger partial charge in [0.2, 0.25) is 0 Å². The molecule has 0 aromatic carbocycles. The Kier molecular flexibility index (Phi) is 3.55. The molecule has 4 heteroatoms. The molecule has 0 aliphatic heterocycles. The molecule has 0 spiro atoms. The second-order valence-electron chi connectivity index (χ2n) is 4.60. The second kappa shape index (κ2) is 4.76. The SMILES string of the molecule is CCn1ncc(Cl)c1C1(O)CCCCCC1. The Balaban J connectivity index is 2.35. The number of nitrogens with zero attached hydrogens (tertiary/aromatic N) is 2. The van der Waals surface area contributed by atoms with Crippen LogP contribution in [0.5, 0.6) is 0 Å². The van der Waals surface area contributed by atoms with Crippen LogP contribution in [0, 0.1) is 0 Å². The van der Waals surface area contributed by atoms with Crippen molar-refractivity contribution in [1.82, 2.24) is 9.78 Å². The molecule has 3 nitrogen and oxygen atoms in total. The molecule has 16 heavy (non-hydrogen) atoms. The average molecular weight is 243 g/mol. The van der Waals surface area contributed by atoms with E-state index in [4.69, 9.17) is 11.6 Å². The molecule has 0 atom stereocenters. The van der Waals surface area contributed by atoms with Crippen LogP contribution < -0.4 is 0 Å². The number of hydrogen-bond acceptors (Lipinski definition) is 2. The standard InChI is InChI=1S/C12H19ClN2O/c1-2-15-11(10(13)9-14-15)12(16)7-5-3-4-6-8-12/h9,16H,2-8H2,1H3. The normalized spacial score (nSPS) is 20.7. The number of hydrogen-bond donors (Lipinski definition) is 1. The van der Waals surface area contributed by atoms with E-state index >= 15 is 0 Å². The van der Waals surface area contributed by atoms with Crippen LogP contribution in [-0.2, 0) is 12.1 Å². The lowest BCUT2D eigenvalue weighted by atomic mass is 9.90. The first-order valence-corrected chi connectivity index (χ1v) is 6.49. The van der Waals surface area contributed by atoms with E-state index in [1.807, 2.05) is 11.6 Å². The molecule has 0 radical (unpaired) electrons. The van der Waals surface area contributed by atoms with Gasteiger partial charge in [-0.05, 0) is 19.8 Å². The van der Waals surface area contributed by atoms with Gasteiger partial charge in [-0.2, -0.15) is 5.10 Å². The molecule has 0 saturated heterocycles. The molecule has 1 saturated carbocycles. The summed E-state index contributed by atoms with van der Waals surface area (Å²) < 4.78 is 1.83. The third kappa shape index (κ3) is 2.11. The topological polar surface area (TPSA) is 38.0 Å². The van der Waals surface area contributed by atoms with Crippen LogP contribution in [0.1, 0.15) is 51.1 Å². The summed E-state index contributed by atoms with van der Waals surface area (Å²) in [4.78, 5) is 0. The van der Waals surface area contributed by atoms with Crippen LogP contribution in [0.4, 0.5) is 0 Å². The molecule has 1 fully saturated rings. The van der Waals surface area contributed by atoms with Crippen molar-refractivity contribution in [3.63, 3.8) is 0 Å². The summed E-state index contributed by atoms with van der Waals surface area (Å²) in [6.45, 7) is 2.78. The fourth-order valence-corrected chi connectivity index (χ4v) is 2.93. The summed E-state index contributed by atoms with van der Waals surface area (Å²) in [7, 11) is 0. The minimum Gasteiger partial charge on any atom is -0.384 e. The van der Waals surface area contributed by atoms with Crippen molar-refractivity contribution in [1.29, 1.82) is 0 Å². The van der Waals surface area contributed by atoms with Gasteiger partial charge in [0.1, 0.15) is 5.60 Å². The van der Waals surface area contributed by atoms with Crippen molar-refractivity contribution in [2.45, 2.75) is 57.6 Å². The first-order valence-electron chi connectivity index (χ1n) is 6.11. The monoisotopic (exact) mass is 242 g/mol. The van der Waals surface area contributed by atoms with E-state index in [0.717, 1.165) is 37.9 Å². The van der Waals surface area contributed by atoms with Gasteiger partial charge in [0.25, 0.3) is 0 Å². The lowest BCUT2D eigenvalue weighted by molar-refractivity contribution is 0.0121. The van der Waals surface area contributed by atoms with Gasteiger partial charge in [-0.25, -0.2) is 0 Å². The van der Waals surface area contributed by atoms with Crippen molar-refractivity contribution in [3.05, 3.63) is 16.9 Å². The van der Waals surface area contributed by atoms with Crippen LogP contribution in [0.2, 0.25) is 5.02 Å².